The molecule has 0 amide bonds. The molecule has 0 aliphatic carbocycles. The maximum absolute atomic E-state index is 9.01. The van der Waals surface area contributed by atoms with Crippen molar-refractivity contribution in [2.75, 3.05) is 11.4 Å². The Labute approximate surface area is 84.4 Å². The molecule has 0 spiro atoms. The van der Waals surface area contributed by atoms with E-state index in [9.17, 15) is 0 Å². The average Bonchev–Trinajstić information content (AvgIpc) is 2.65. The number of aliphatic hydroxyl groups excluding tert-OH is 1. The monoisotopic (exact) mass is 192 g/mol. The van der Waals surface area contributed by atoms with Crippen LogP contribution in [0.1, 0.15) is 25.3 Å². The first-order valence-electron chi connectivity index (χ1n) is 5.12. The van der Waals surface area contributed by atoms with Crippen molar-refractivity contribution in [3.63, 3.8) is 0 Å². The van der Waals surface area contributed by atoms with Crippen LogP contribution in [0.3, 0.4) is 0 Å². The maximum Gasteiger partial charge on any atom is 0.0697 e. The molecular weight excluding hydrogens is 176 g/mol. The normalized spacial score (nSPS) is 21.6. The third-order valence-corrected chi connectivity index (χ3v) is 2.85. The third-order valence-electron chi connectivity index (χ3n) is 2.85. The second-order valence-electron chi connectivity index (χ2n) is 3.89. The van der Waals surface area contributed by atoms with Crippen LogP contribution < -0.4 is 4.90 Å². The van der Waals surface area contributed by atoms with Crippen LogP contribution in [0.2, 0.25) is 0 Å². The Morgan fingerprint density at radius 2 is 2.43 bits per heavy atom. The number of anilines is 1. The molecule has 2 heterocycles. The molecule has 0 unspecified atom stereocenters. The highest BCUT2D eigenvalue weighted by Crippen LogP contribution is 2.24. The van der Waals surface area contributed by atoms with Crippen molar-refractivity contribution in [1.29, 1.82) is 0 Å². The van der Waals surface area contributed by atoms with Gasteiger partial charge in [0, 0.05) is 18.8 Å². The van der Waals surface area contributed by atoms with Crippen molar-refractivity contribution in [3.05, 3.63) is 24.0 Å². The van der Waals surface area contributed by atoms with E-state index in [4.69, 9.17) is 5.11 Å². The fraction of sp³-hybridized carbons (Fsp3) is 0.545. The summed E-state index contributed by atoms with van der Waals surface area (Å²) in [5, 5.41) is 9.01. The summed E-state index contributed by atoms with van der Waals surface area (Å²) >= 11 is 0. The van der Waals surface area contributed by atoms with Gasteiger partial charge in [0.2, 0.25) is 0 Å². The summed E-state index contributed by atoms with van der Waals surface area (Å²) in [6.07, 6.45) is 6.10. The van der Waals surface area contributed by atoms with Crippen molar-refractivity contribution in [1.82, 2.24) is 4.98 Å². The fourth-order valence-electron chi connectivity index (χ4n) is 2.03. The molecule has 1 aliphatic rings. The van der Waals surface area contributed by atoms with E-state index >= 15 is 0 Å². The minimum atomic E-state index is 0.0725. The Morgan fingerprint density at radius 1 is 1.57 bits per heavy atom. The van der Waals surface area contributed by atoms with E-state index in [1.54, 1.807) is 6.20 Å². The second kappa shape index (κ2) is 3.96. The van der Waals surface area contributed by atoms with E-state index < -0.39 is 0 Å². The van der Waals surface area contributed by atoms with E-state index in [-0.39, 0.29) is 6.61 Å². The molecule has 0 radical (unpaired) electrons. The molecule has 1 aromatic rings. The first kappa shape index (κ1) is 9.46. The zero-order chi connectivity index (χ0) is 9.97. The summed E-state index contributed by atoms with van der Waals surface area (Å²) in [6, 6.07) is 2.63. The van der Waals surface area contributed by atoms with Crippen LogP contribution in [0.15, 0.2) is 18.5 Å². The van der Waals surface area contributed by atoms with E-state index in [0.29, 0.717) is 6.04 Å². The van der Waals surface area contributed by atoms with Gasteiger partial charge in [-0.1, -0.05) is 0 Å². The lowest BCUT2D eigenvalue weighted by atomic mass is 10.2. The highest BCUT2D eigenvalue weighted by molar-refractivity contribution is 5.47. The molecular formula is C11H16N2O. The predicted octanol–water partition coefficient (Wildman–Crippen LogP) is 1.56. The van der Waals surface area contributed by atoms with Gasteiger partial charge in [-0.2, -0.15) is 0 Å². The van der Waals surface area contributed by atoms with Crippen molar-refractivity contribution < 1.29 is 5.11 Å². The molecule has 0 bridgehead atoms. The molecule has 1 aromatic heterocycles. The van der Waals surface area contributed by atoms with Crippen LogP contribution >= 0.6 is 0 Å². The lowest BCUT2D eigenvalue weighted by Gasteiger charge is -2.23. The molecule has 3 nitrogen and oxygen atoms in total. The predicted molar refractivity (Wildman–Crippen MR) is 56.2 cm³/mol. The first-order valence-corrected chi connectivity index (χ1v) is 5.12. The van der Waals surface area contributed by atoms with E-state index in [1.165, 1.54) is 12.8 Å². The number of aliphatic hydroxyl groups is 1. The van der Waals surface area contributed by atoms with Crippen molar-refractivity contribution in [2.45, 2.75) is 32.4 Å². The van der Waals surface area contributed by atoms with E-state index in [2.05, 4.69) is 16.8 Å². The van der Waals surface area contributed by atoms with Crippen molar-refractivity contribution in [2.24, 2.45) is 0 Å². The Balaban J connectivity index is 2.22. The SMILES string of the molecule is C[C@H]1CCCN1c1cncc(CO)c1. The maximum atomic E-state index is 9.01. The van der Waals surface area contributed by atoms with Gasteiger partial charge in [0.1, 0.15) is 0 Å². The molecule has 1 fully saturated rings. The van der Waals surface area contributed by atoms with Crippen LogP contribution in [0.25, 0.3) is 0 Å². The summed E-state index contributed by atoms with van der Waals surface area (Å²) < 4.78 is 0. The topological polar surface area (TPSA) is 36.4 Å². The molecule has 14 heavy (non-hydrogen) atoms. The molecule has 76 valence electrons. The molecule has 0 aromatic carbocycles. The minimum absolute atomic E-state index is 0.0725. The molecule has 1 atom stereocenters. The van der Waals surface area contributed by atoms with Gasteiger partial charge in [0.15, 0.2) is 0 Å². The Hall–Kier alpha value is -1.09. The van der Waals surface area contributed by atoms with Gasteiger partial charge < -0.3 is 10.0 Å². The summed E-state index contributed by atoms with van der Waals surface area (Å²) in [7, 11) is 0. The third kappa shape index (κ3) is 1.73. The van der Waals surface area contributed by atoms with Crippen LogP contribution in [-0.2, 0) is 6.61 Å². The zero-order valence-corrected chi connectivity index (χ0v) is 8.48. The molecule has 3 heteroatoms. The van der Waals surface area contributed by atoms with Gasteiger partial charge in [-0.3, -0.25) is 4.98 Å². The summed E-state index contributed by atoms with van der Waals surface area (Å²) in [6.45, 7) is 3.42. The highest BCUT2D eigenvalue weighted by Gasteiger charge is 2.20. The number of hydrogen-bond acceptors (Lipinski definition) is 3. The molecule has 2 rings (SSSR count). The van der Waals surface area contributed by atoms with Crippen molar-refractivity contribution >= 4 is 5.69 Å². The Kier molecular flexibility index (Phi) is 2.68. The summed E-state index contributed by atoms with van der Waals surface area (Å²) in [5.41, 5.74) is 2.03. The van der Waals surface area contributed by atoms with E-state index in [0.717, 1.165) is 17.8 Å². The molecule has 1 N–H and O–H groups in total. The molecule has 0 saturated carbocycles. The quantitative estimate of drug-likeness (QED) is 0.772. The van der Waals surface area contributed by atoms with Crippen LogP contribution in [0.5, 0.6) is 0 Å². The lowest BCUT2D eigenvalue weighted by Crippen LogP contribution is -2.26. The Bertz CT molecular complexity index is 314. The van der Waals surface area contributed by atoms with Gasteiger partial charge in [0.25, 0.3) is 0 Å². The lowest BCUT2D eigenvalue weighted by molar-refractivity contribution is 0.281. The number of nitrogens with zero attached hydrogens (tertiary/aromatic N) is 2. The largest absolute Gasteiger partial charge is 0.392 e. The number of aromatic nitrogens is 1. The van der Waals surface area contributed by atoms with Gasteiger partial charge in [0.05, 0.1) is 18.5 Å². The second-order valence-corrected chi connectivity index (χ2v) is 3.89. The van der Waals surface area contributed by atoms with Crippen molar-refractivity contribution in [3.8, 4) is 0 Å². The first-order chi connectivity index (χ1) is 6.81. The van der Waals surface area contributed by atoms with Gasteiger partial charge >= 0.3 is 0 Å². The minimum Gasteiger partial charge on any atom is -0.392 e. The average molecular weight is 192 g/mol. The Morgan fingerprint density at radius 3 is 3.07 bits per heavy atom. The summed E-state index contributed by atoms with van der Waals surface area (Å²) in [4.78, 5) is 6.49. The van der Waals surface area contributed by atoms with Gasteiger partial charge in [-0.05, 0) is 31.4 Å². The number of rotatable bonds is 2. The molecule has 1 aliphatic heterocycles. The number of hydrogen-bond donors (Lipinski definition) is 1. The smallest absolute Gasteiger partial charge is 0.0697 e. The standard InChI is InChI=1S/C11H16N2O/c1-9-3-2-4-13(9)11-5-10(8-14)6-12-7-11/h5-7,9,14H,2-4,8H2,1H3/t9-/m0/s1. The highest BCUT2D eigenvalue weighted by atomic mass is 16.3. The number of pyridine rings is 1. The van der Waals surface area contributed by atoms with Crippen LogP contribution in [0, 0.1) is 0 Å². The zero-order valence-electron chi connectivity index (χ0n) is 8.48. The van der Waals surface area contributed by atoms with Crippen LogP contribution in [-0.4, -0.2) is 22.7 Å². The van der Waals surface area contributed by atoms with Crippen LogP contribution in [0.4, 0.5) is 5.69 Å². The van der Waals surface area contributed by atoms with E-state index in [1.807, 2.05) is 12.3 Å². The summed E-state index contributed by atoms with van der Waals surface area (Å²) in [5.74, 6) is 0. The molecule has 1 saturated heterocycles. The van der Waals surface area contributed by atoms with Gasteiger partial charge in [-0.25, -0.2) is 0 Å². The fourth-order valence-corrected chi connectivity index (χ4v) is 2.03. The van der Waals surface area contributed by atoms with Gasteiger partial charge in [-0.15, -0.1) is 0 Å².